The number of H-pyrrole nitrogens is 1. The van der Waals surface area contributed by atoms with Gasteiger partial charge in [0.2, 0.25) is 0 Å². The number of nitrogens with one attached hydrogen (secondary N) is 1. The fourth-order valence-corrected chi connectivity index (χ4v) is 2.24. The lowest BCUT2D eigenvalue weighted by molar-refractivity contribution is 1.07. The second-order valence-corrected chi connectivity index (χ2v) is 4.07. The molecule has 0 amide bonds. The molecular formula is C9H11NS. The number of rotatable bonds is 1. The van der Waals surface area contributed by atoms with E-state index in [1.807, 2.05) is 11.3 Å². The van der Waals surface area contributed by atoms with Crippen LogP contribution in [0.1, 0.15) is 17.5 Å². The monoisotopic (exact) mass is 165 g/mol. The Morgan fingerprint density at radius 2 is 2.27 bits per heavy atom. The normalized spacial score (nSPS) is 11.1. The van der Waals surface area contributed by atoms with Crippen LogP contribution < -0.4 is 0 Å². The van der Waals surface area contributed by atoms with Crippen LogP contribution in [0.15, 0.2) is 12.1 Å². The van der Waals surface area contributed by atoms with Crippen LogP contribution in [-0.4, -0.2) is 4.98 Å². The van der Waals surface area contributed by atoms with Crippen LogP contribution in [0.2, 0.25) is 0 Å². The Balaban J connectivity index is 2.64. The van der Waals surface area contributed by atoms with E-state index in [1.165, 1.54) is 20.8 Å². The van der Waals surface area contributed by atoms with Crippen LogP contribution in [-0.2, 0) is 6.42 Å². The zero-order valence-corrected chi connectivity index (χ0v) is 7.59. The molecule has 2 aromatic heterocycles. The SMILES string of the molecule is CCc1cc2sc(C)cc2[nH]1. The van der Waals surface area contributed by atoms with Gasteiger partial charge in [-0.3, -0.25) is 0 Å². The third kappa shape index (κ3) is 1.07. The third-order valence-electron chi connectivity index (χ3n) is 1.87. The topological polar surface area (TPSA) is 15.8 Å². The fraction of sp³-hybridized carbons (Fsp3) is 0.333. The summed E-state index contributed by atoms with van der Waals surface area (Å²) in [4.78, 5) is 4.76. The minimum atomic E-state index is 1.10. The van der Waals surface area contributed by atoms with E-state index in [0.717, 1.165) is 6.42 Å². The lowest BCUT2D eigenvalue weighted by Crippen LogP contribution is -1.75. The average Bonchev–Trinajstić information content (AvgIpc) is 2.43. The van der Waals surface area contributed by atoms with E-state index in [4.69, 9.17) is 0 Å². The van der Waals surface area contributed by atoms with Gasteiger partial charge >= 0.3 is 0 Å². The Kier molecular flexibility index (Phi) is 1.50. The maximum Gasteiger partial charge on any atom is 0.0568 e. The molecule has 0 saturated carbocycles. The standard InChI is InChI=1S/C9H11NS/c1-3-7-5-9-8(10-7)4-6(2)11-9/h4-5,10H,3H2,1-2H3. The summed E-state index contributed by atoms with van der Waals surface area (Å²) >= 11 is 1.86. The quantitative estimate of drug-likeness (QED) is 0.668. The number of aromatic amines is 1. The lowest BCUT2D eigenvalue weighted by Gasteiger charge is -1.84. The fourth-order valence-electron chi connectivity index (χ4n) is 1.29. The van der Waals surface area contributed by atoms with Crippen molar-refractivity contribution >= 4 is 21.6 Å². The van der Waals surface area contributed by atoms with E-state index in [1.54, 1.807) is 0 Å². The first-order chi connectivity index (χ1) is 5.29. The molecule has 0 radical (unpaired) electrons. The number of fused-ring (bicyclic) bond motifs is 1. The van der Waals surface area contributed by atoms with E-state index < -0.39 is 0 Å². The van der Waals surface area contributed by atoms with E-state index in [-0.39, 0.29) is 0 Å². The number of hydrogen-bond donors (Lipinski definition) is 1. The van der Waals surface area contributed by atoms with E-state index in [9.17, 15) is 0 Å². The first kappa shape index (κ1) is 6.92. The van der Waals surface area contributed by atoms with Gasteiger partial charge in [-0.05, 0) is 25.5 Å². The molecule has 0 fully saturated rings. The zero-order chi connectivity index (χ0) is 7.84. The van der Waals surface area contributed by atoms with Gasteiger partial charge in [0, 0.05) is 10.6 Å². The number of hydrogen-bond acceptors (Lipinski definition) is 1. The predicted octanol–water partition coefficient (Wildman–Crippen LogP) is 3.10. The van der Waals surface area contributed by atoms with Crippen molar-refractivity contribution < 1.29 is 0 Å². The van der Waals surface area contributed by atoms with Gasteiger partial charge in [-0.1, -0.05) is 6.92 Å². The summed E-state index contributed by atoms with van der Waals surface area (Å²) in [7, 11) is 0. The molecule has 0 spiro atoms. The summed E-state index contributed by atoms with van der Waals surface area (Å²) in [6, 6.07) is 4.45. The van der Waals surface area contributed by atoms with Crippen LogP contribution in [0.4, 0.5) is 0 Å². The summed E-state index contributed by atoms with van der Waals surface area (Å²) in [6.45, 7) is 4.31. The highest BCUT2D eigenvalue weighted by atomic mass is 32.1. The van der Waals surface area contributed by atoms with Crippen LogP contribution in [0.25, 0.3) is 10.2 Å². The minimum Gasteiger partial charge on any atom is -0.358 e. The highest BCUT2D eigenvalue weighted by Gasteiger charge is 2.01. The smallest absolute Gasteiger partial charge is 0.0568 e. The van der Waals surface area contributed by atoms with E-state index in [0.29, 0.717) is 0 Å². The summed E-state index contributed by atoms with van der Waals surface area (Å²) in [5.41, 5.74) is 2.63. The zero-order valence-electron chi connectivity index (χ0n) is 6.77. The highest BCUT2D eigenvalue weighted by Crippen LogP contribution is 2.25. The van der Waals surface area contributed by atoms with Gasteiger partial charge in [-0.25, -0.2) is 0 Å². The molecule has 2 heterocycles. The van der Waals surface area contributed by atoms with Crippen molar-refractivity contribution in [2.75, 3.05) is 0 Å². The Bertz CT molecular complexity index is 338. The number of thiophene rings is 1. The molecule has 0 bridgehead atoms. The molecule has 1 N–H and O–H groups in total. The number of aryl methyl sites for hydroxylation is 2. The van der Waals surface area contributed by atoms with Crippen molar-refractivity contribution in [3.05, 3.63) is 22.7 Å². The molecule has 0 aliphatic carbocycles. The molecule has 1 nitrogen and oxygen atoms in total. The molecule has 0 saturated heterocycles. The van der Waals surface area contributed by atoms with E-state index in [2.05, 4.69) is 31.0 Å². The first-order valence-corrected chi connectivity index (χ1v) is 4.69. The molecule has 2 heteroatoms. The van der Waals surface area contributed by atoms with Gasteiger partial charge in [-0.2, -0.15) is 0 Å². The van der Waals surface area contributed by atoms with Crippen LogP contribution in [0, 0.1) is 6.92 Å². The Morgan fingerprint density at radius 3 is 2.91 bits per heavy atom. The van der Waals surface area contributed by atoms with Crippen molar-refractivity contribution in [3.8, 4) is 0 Å². The van der Waals surface area contributed by atoms with E-state index >= 15 is 0 Å². The third-order valence-corrected chi connectivity index (χ3v) is 2.86. The molecular weight excluding hydrogens is 154 g/mol. The molecule has 11 heavy (non-hydrogen) atoms. The minimum absolute atomic E-state index is 1.10. The average molecular weight is 165 g/mol. The molecule has 2 rings (SSSR count). The van der Waals surface area contributed by atoms with Gasteiger partial charge < -0.3 is 4.98 Å². The maximum absolute atomic E-state index is 3.38. The van der Waals surface area contributed by atoms with Crippen LogP contribution >= 0.6 is 11.3 Å². The molecule has 0 atom stereocenters. The predicted molar refractivity (Wildman–Crippen MR) is 50.3 cm³/mol. The molecule has 58 valence electrons. The maximum atomic E-state index is 3.38. The molecule has 0 aliphatic heterocycles. The van der Waals surface area contributed by atoms with Crippen LogP contribution in [0.3, 0.4) is 0 Å². The largest absolute Gasteiger partial charge is 0.358 e. The summed E-state index contributed by atoms with van der Waals surface area (Å²) < 4.78 is 1.39. The molecule has 0 aliphatic rings. The van der Waals surface area contributed by atoms with Crippen molar-refractivity contribution in [3.63, 3.8) is 0 Å². The van der Waals surface area contributed by atoms with Crippen molar-refractivity contribution in [2.45, 2.75) is 20.3 Å². The molecule has 0 unspecified atom stereocenters. The van der Waals surface area contributed by atoms with Gasteiger partial charge in [0.05, 0.1) is 10.2 Å². The van der Waals surface area contributed by atoms with Crippen LogP contribution in [0.5, 0.6) is 0 Å². The summed E-state index contributed by atoms with van der Waals surface area (Å²) in [5, 5.41) is 0. The molecule has 2 aromatic rings. The second-order valence-electron chi connectivity index (χ2n) is 2.78. The Hall–Kier alpha value is -0.760. The Labute approximate surface area is 70.1 Å². The second kappa shape index (κ2) is 2.38. The summed E-state index contributed by atoms with van der Waals surface area (Å²) in [5.74, 6) is 0. The van der Waals surface area contributed by atoms with Gasteiger partial charge in [0.1, 0.15) is 0 Å². The first-order valence-electron chi connectivity index (χ1n) is 3.87. The highest BCUT2D eigenvalue weighted by molar-refractivity contribution is 7.18. The van der Waals surface area contributed by atoms with Gasteiger partial charge in [0.15, 0.2) is 0 Å². The van der Waals surface area contributed by atoms with Crippen molar-refractivity contribution in [1.82, 2.24) is 4.98 Å². The Morgan fingerprint density at radius 1 is 1.45 bits per heavy atom. The summed E-state index contributed by atoms with van der Waals surface area (Å²) in [6.07, 6.45) is 1.10. The van der Waals surface area contributed by atoms with Crippen molar-refractivity contribution in [1.29, 1.82) is 0 Å². The van der Waals surface area contributed by atoms with Crippen molar-refractivity contribution in [2.24, 2.45) is 0 Å². The molecule has 0 aromatic carbocycles. The van der Waals surface area contributed by atoms with Gasteiger partial charge in [0.25, 0.3) is 0 Å². The number of aromatic nitrogens is 1. The van der Waals surface area contributed by atoms with Gasteiger partial charge in [-0.15, -0.1) is 11.3 Å². The lowest BCUT2D eigenvalue weighted by atomic mass is 10.3.